The van der Waals surface area contributed by atoms with E-state index in [9.17, 15) is 9.59 Å². The van der Waals surface area contributed by atoms with Gasteiger partial charge in [-0.2, -0.15) is 4.98 Å². The number of nitrogens with two attached hydrogens (primary N) is 2. The summed E-state index contributed by atoms with van der Waals surface area (Å²) in [5, 5.41) is 0. The third-order valence-electron chi connectivity index (χ3n) is 7.56. The number of imidazole rings is 1. The maximum atomic E-state index is 12.5. The van der Waals surface area contributed by atoms with Crippen LogP contribution in [-0.2, 0) is 25.6 Å². The molecular weight excluding hydrogens is 520 g/mol. The summed E-state index contributed by atoms with van der Waals surface area (Å²) >= 11 is 0. The van der Waals surface area contributed by atoms with Crippen LogP contribution in [0.25, 0.3) is 11.2 Å². The van der Waals surface area contributed by atoms with Crippen LogP contribution in [0.4, 0.5) is 5.95 Å². The fraction of sp³-hybridized carbons (Fsp3) is 0.774. The molecule has 2 aromatic rings. The molecule has 0 unspecified atom stereocenters. The van der Waals surface area contributed by atoms with Gasteiger partial charge in [-0.05, 0) is 18.8 Å². The Bertz CT molecular complexity index is 1010. The van der Waals surface area contributed by atoms with Crippen molar-refractivity contribution in [1.29, 1.82) is 0 Å². The fourth-order valence-corrected chi connectivity index (χ4v) is 4.77. The predicted molar refractivity (Wildman–Crippen MR) is 163 cm³/mol. The number of ether oxygens (including phenoxy) is 2. The lowest BCUT2D eigenvalue weighted by molar-refractivity contribution is -0.149. The minimum Gasteiger partial charge on any atom is -0.465 e. The van der Waals surface area contributed by atoms with E-state index in [4.69, 9.17) is 20.9 Å². The smallest absolute Gasteiger partial charge is 0.323 e. The molecule has 0 aliphatic heterocycles. The standard InChI is InChI=1S/C31H54N6O4/c1-4-5-6-7-8-9-10-11-12-13-14-15-16-17-27(38)41-22-25(18-19-40-30(39)28(32)24(2)3)21-37-23-35-26-20-34-31(33)36-29(26)37/h20,23-25,28H,4-19,21-22,32H2,1-3H3,(H2,33,34,36)/t25-,28+/m1/s1. The van der Waals surface area contributed by atoms with Crippen LogP contribution < -0.4 is 11.5 Å². The van der Waals surface area contributed by atoms with Crippen molar-refractivity contribution in [3.63, 3.8) is 0 Å². The van der Waals surface area contributed by atoms with Gasteiger partial charge in [-0.15, -0.1) is 0 Å². The number of rotatable bonds is 23. The zero-order valence-electron chi connectivity index (χ0n) is 25.7. The molecule has 0 saturated carbocycles. The summed E-state index contributed by atoms with van der Waals surface area (Å²) in [4.78, 5) is 37.3. The monoisotopic (exact) mass is 574 g/mol. The molecule has 41 heavy (non-hydrogen) atoms. The molecule has 0 spiro atoms. The molecular formula is C31H54N6O4. The molecule has 2 aromatic heterocycles. The number of hydrogen-bond acceptors (Lipinski definition) is 9. The molecule has 0 aromatic carbocycles. The van der Waals surface area contributed by atoms with Crippen molar-refractivity contribution in [2.24, 2.45) is 17.6 Å². The molecule has 2 rings (SSSR count). The molecule has 232 valence electrons. The summed E-state index contributed by atoms with van der Waals surface area (Å²) in [7, 11) is 0. The zero-order valence-corrected chi connectivity index (χ0v) is 25.7. The first-order valence-electron chi connectivity index (χ1n) is 15.8. The van der Waals surface area contributed by atoms with Gasteiger partial charge >= 0.3 is 11.9 Å². The number of anilines is 1. The third kappa shape index (κ3) is 14.1. The molecule has 0 aliphatic carbocycles. The summed E-state index contributed by atoms with van der Waals surface area (Å²) in [6.07, 6.45) is 20.6. The Labute approximate surface area is 246 Å². The number of fused-ring (bicyclic) bond motifs is 1. The summed E-state index contributed by atoms with van der Waals surface area (Å²) in [6, 6.07) is -0.663. The minimum absolute atomic E-state index is 0.00758. The molecule has 0 bridgehead atoms. The first-order valence-corrected chi connectivity index (χ1v) is 15.8. The van der Waals surface area contributed by atoms with Crippen LogP contribution in [0.1, 0.15) is 117 Å². The highest BCUT2D eigenvalue weighted by molar-refractivity contribution is 5.75. The molecule has 0 fully saturated rings. The second kappa shape index (κ2) is 20.2. The second-order valence-corrected chi connectivity index (χ2v) is 11.6. The normalized spacial score (nSPS) is 13.0. The number of aromatic nitrogens is 4. The Morgan fingerprint density at radius 1 is 0.902 bits per heavy atom. The van der Waals surface area contributed by atoms with Crippen LogP contribution in [0.3, 0.4) is 0 Å². The van der Waals surface area contributed by atoms with Crippen LogP contribution in [0.15, 0.2) is 12.5 Å². The second-order valence-electron chi connectivity index (χ2n) is 11.6. The van der Waals surface area contributed by atoms with Crippen LogP contribution >= 0.6 is 0 Å². The first-order chi connectivity index (χ1) is 19.8. The fourth-order valence-electron chi connectivity index (χ4n) is 4.77. The van der Waals surface area contributed by atoms with E-state index in [1.807, 2.05) is 18.4 Å². The van der Waals surface area contributed by atoms with E-state index < -0.39 is 12.0 Å². The number of carbonyl (C=O) groups excluding carboxylic acids is 2. The summed E-state index contributed by atoms with van der Waals surface area (Å²) in [6.45, 7) is 6.89. The lowest BCUT2D eigenvalue weighted by Gasteiger charge is -2.19. The van der Waals surface area contributed by atoms with Crippen molar-refractivity contribution in [2.45, 2.75) is 130 Å². The maximum absolute atomic E-state index is 12.5. The highest BCUT2D eigenvalue weighted by Gasteiger charge is 2.21. The molecule has 0 aliphatic rings. The Kier molecular flexibility index (Phi) is 17.0. The van der Waals surface area contributed by atoms with Gasteiger partial charge in [0.2, 0.25) is 5.95 Å². The van der Waals surface area contributed by atoms with Crippen molar-refractivity contribution in [3.05, 3.63) is 12.5 Å². The zero-order chi connectivity index (χ0) is 29.9. The lowest BCUT2D eigenvalue weighted by atomic mass is 10.0. The van der Waals surface area contributed by atoms with Crippen LogP contribution in [-0.4, -0.2) is 50.7 Å². The highest BCUT2D eigenvalue weighted by atomic mass is 16.5. The molecule has 2 heterocycles. The summed E-state index contributed by atoms with van der Waals surface area (Å²) in [5.74, 6) is -0.573. The largest absolute Gasteiger partial charge is 0.465 e. The molecule has 0 amide bonds. The van der Waals surface area contributed by atoms with Crippen LogP contribution in [0.5, 0.6) is 0 Å². The number of unbranched alkanes of at least 4 members (excludes halogenated alkanes) is 12. The number of carbonyl (C=O) groups is 2. The molecule has 0 radical (unpaired) electrons. The van der Waals surface area contributed by atoms with Gasteiger partial charge in [-0.25, -0.2) is 9.97 Å². The van der Waals surface area contributed by atoms with Gasteiger partial charge in [0.25, 0.3) is 0 Å². The Morgan fingerprint density at radius 3 is 2.12 bits per heavy atom. The van der Waals surface area contributed by atoms with E-state index in [0.29, 0.717) is 30.6 Å². The molecule has 10 heteroatoms. The SMILES string of the molecule is CCCCCCCCCCCCCCCC(=O)OC[C@H](CCOC(=O)[C@@H](N)C(C)C)Cn1cnc2cnc(N)nc21. The number of nitrogens with zero attached hydrogens (tertiary/aromatic N) is 4. The van der Waals surface area contributed by atoms with E-state index in [1.54, 1.807) is 12.5 Å². The Hall–Kier alpha value is -2.75. The molecule has 10 nitrogen and oxygen atoms in total. The summed E-state index contributed by atoms with van der Waals surface area (Å²) < 4.78 is 12.9. The van der Waals surface area contributed by atoms with Crippen molar-refractivity contribution < 1.29 is 19.1 Å². The van der Waals surface area contributed by atoms with E-state index in [1.165, 1.54) is 64.2 Å². The highest BCUT2D eigenvalue weighted by Crippen LogP contribution is 2.17. The van der Waals surface area contributed by atoms with E-state index in [0.717, 1.165) is 19.3 Å². The topological polar surface area (TPSA) is 148 Å². The van der Waals surface area contributed by atoms with E-state index in [-0.39, 0.29) is 37.0 Å². The van der Waals surface area contributed by atoms with E-state index >= 15 is 0 Å². The summed E-state index contributed by atoms with van der Waals surface area (Å²) in [5.41, 5.74) is 12.9. The van der Waals surface area contributed by atoms with Crippen molar-refractivity contribution >= 4 is 29.1 Å². The van der Waals surface area contributed by atoms with Gasteiger partial charge in [0.05, 0.1) is 25.7 Å². The van der Waals surface area contributed by atoms with Gasteiger partial charge < -0.3 is 25.5 Å². The minimum atomic E-state index is -0.663. The van der Waals surface area contributed by atoms with E-state index in [2.05, 4.69) is 21.9 Å². The van der Waals surface area contributed by atoms with Crippen molar-refractivity contribution in [1.82, 2.24) is 19.5 Å². The van der Waals surface area contributed by atoms with Gasteiger partial charge in [0.15, 0.2) is 5.65 Å². The quantitative estimate of drug-likeness (QED) is 0.121. The van der Waals surface area contributed by atoms with Gasteiger partial charge in [-0.3, -0.25) is 9.59 Å². The molecule has 0 saturated heterocycles. The van der Waals surface area contributed by atoms with Gasteiger partial charge in [-0.1, -0.05) is 97.8 Å². The molecule has 2 atom stereocenters. The maximum Gasteiger partial charge on any atom is 0.323 e. The van der Waals surface area contributed by atoms with Gasteiger partial charge in [0, 0.05) is 18.9 Å². The first kappa shape index (κ1) is 34.5. The van der Waals surface area contributed by atoms with Crippen molar-refractivity contribution in [3.8, 4) is 0 Å². The van der Waals surface area contributed by atoms with Crippen LogP contribution in [0.2, 0.25) is 0 Å². The number of hydrogen-bond donors (Lipinski definition) is 2. The predicted octanol–water partition coefficient (Wildman–Crippen LogP) is 5.97. The van der Waals surface area contributed by atoms with Crippen molar-refractivity contribution in [2.75, 3.05) is 18.9 Å². The number of esters is 2. The molecule has 4 N–H and O–H groups in total. The Morgan fingerprint density at radius 2 is 1.51 bits per heavy atom. The number of nitrogen functional groups attached to an aromatic ring is 1. The van der Waals surface area contributed by atoms with Gasteiger partial charge in [0.1, 0.15) is 11.6 Å². The van der Waals surface area contributed by atoms with Crippen LogP contribution in [0, 0.1) is 11.8 Å². The average Bonchev–Trinajstić information content (AvgIpc) is 3.34. The average molecular weight is 575 g/mol. The third-order valence-corrected chi connectivity index (χ3v) is 7.56. The Balaban J connectivity index is 1.70. The lowest BCUT2D eigenvalue weighted by Crippen LogP contribution is -2.37.